The Morgan fingerprint density at radius 3 is 2.43 bits per heavy atom. The number of anilines is 1. The third-order valence-corrected chi connectivity index (χ3v) is 7.82. The number of nitrogens with zero attached hydrogens (tertiary/aromatic N) is 3. The van der Waals surface area contributed by atoms with Gasteiger partial charge in [-0.15, -0.1) is 0 Å². The summed E-state index contributed by atoms with van der Waals surface area (Å²) in [4.78, 5) is 29.1. The Hall–Kier alpha value is -2.13. The van der Waals surface area contributed by atoms with Crippen LogP contribution in [0.2, 0.25) is 0 Å². The molecule has 2 fully saturated rings. The number of carbonyl (C=O) groups excluding carboxylic acids is 2. The lowest BCUT2D eigenvalue weighted by Gasteiger charge is -2.36. The van der Waals surface area contributed by atoms with E-state index in [2.05, 4.69) is 22.3 Å². The van der Waals surface area contributed by atoms with Gasteiger partial charge in [0.25, 0.3) is 0 Å². The minimum atomic E-state index is -3.30. The smallest absolute Gasteiger partial charge is 0.242 e. The molecule has 0 aliphatic carbocycles. The molecule has 2 amide bonds. The molecule has 0 radical (unpaired) electrons. The summed E-state index contributed by atoms with van der Waals surface area (Å²) in [6.07, 6.45) is 1.87. The van der Waals surface area contributed by atoms with Gasteiger partial charge in [-0.05, 0) is 31.4 Å². The van der Waals surface area contributed by atoms with Crippen molar-refractivity contribution >= 4 is 27.5 Å². The number of hydrogen-bond donors (Lipinski definition) is 1. The summed E-state index contributed by atoms with van der Waals surface area (Å²) in [5.41, 5.74) is 1.15. The van der Waals surface area contributed by atoms with Crippen LogP contribution < -0.4 is 10.2 Å². The van der Waals surface area contributed by atoms with Crippen molar-refractivity contribution in [2.45, 2.75) is 26.2 Å². The highest BCUT2D eigenvalue weighted by molar-refractivity contribution is 7.89. The molecule has 3 rings (SSSR count). The Balaban J connectivity index is 1.44. The van der Waals surface area contributed by atoms with E-state index in [0.29, 0.717) is 38.9 Å². The van der Waals surface area contributed by atoms with Gasteiger partial charge in [-0.1, -0.05) is 25.1 Å². The van der Waals surface area contributed by atoms with Crippen LogP contribution in [0, 0.1) is 5.92 Å². The zero-order valence-electron chi connectivity index (χ0n) is 17.6. The van der Waals surface area contributed by atoms with Crippen molar-refractivity contribution < 1.29 is 18.0 Å². The van der Waals surface area contributed by atoms with Crippen molar-refractivity contribution in [1.29, 1.82) is 0 Å². The fourth-order valence-corrected chi connectivity index (χ4v) is 5.66. The SMILES string of the molecule is CCCS(=O)(=O)N1CCCC(C(=O)NCC(=O)N2CCN(c3ccccc3)CC2)C1. The monoisotopic (exact) mass is 436 g/mol. The van der Waals surface area contributed by atoms with Crippen LogP contribution in [0.15, 0.2) is 30.3 Å². The molecule has 8 nitrogen and oxygen atoms in total. The number of piperazine rings is 1. The van der Waals surface area contributed by atoms with E-state index in [1.807, 2.05) is 25.1 Å². The van der Waals surface area contributed by atoms with E-state index in [9.17, 15) is 18.0 Å². The fourth-order valence-electron chi connectivity index (χ4n) is 4.07. The topological polar surface area (TPSA) is 90.0 Å². The largest absolute Gasteiger partial charge is 0.368 e. The van der Waals surface area contributed by atoms with Crippen LogP contribution in [0.3, 0.4) is 0 Å². The van der Waals surface area contributed by atoms with Crippen molar-refractivity contribution in [3.05, 3.63) is 30.3 Å². The number of sulfonamides is 1. The quantitative estimate of drug-likeness (QED) is 0.686. The number of para-hydroxylation sites is 1. The Labute approximate surface area is 179 Å². The van der Waals surface area contributed by atoms with Gasteiger partial charge in [0.2, 0.25) is 21.8 Å². The minimum Gasteiger partial charge on any atom is -0.368 e. The molecule has 166 valence electrons. The Morgan fingerprint density at radius 1 is 1.07 bits per heavy atom. The normalized spacial score (nSPS) is 20.8. The number of piperidine rings is 1. The average molecular weight is 437 g/mol. The second-order valence-corrected chi connectivity index (χ2v) is 10.0. The average Bonchev–Trinajstić information content (AvgIpc) is 2.78. The van der Waals surface area contributed by atoms with E-state index in [-0.39, 0.29) is 30.7 Å². The highest BCUT2D eigenvalue weighted by Crippen LogP contribution is 2.20. The van der Waals surface area contributed by atoms with Crippen LogP contribution in [0.5, 0.6) is 0 Å². The summed E-state index contributed by atoms with van der Waals surface area (Å²) in [5.74, 6) is -0.618. The molecule has 0 bridgehead atoms. The number of nitrogens with one attached hydrogen (secondary N) is 1. The number of hydrogen-bond acceptors (Lipinski definition) is 5. The zero-order valence-corrected chi connectivity index (χ0v) is 18.4. The van der Waals surface area contributed by atoms with Crippen LogP contribution in [-0.2, 0) is 19.6 Å². The predicted molar refractivity (Wildman–Crippen MR) is 117 cm³/mol. The van der Waals surface area contributed by atoms with Crippen LogP contribution in [0.25, 0.3) is 0 Å². The summed E-state index contributed by atoms with van der Waals surface area (Å²) in [7, 11) is -3.30. The number of benzene rings is 1. The molecule has 9 heteroatoms. The van der Waals surface area contributed by atoms with Gasteiger partial charge in [0, 0.05) is 45.0 Å². The van der Waals surface area contributed by atoms with Crippen LogP contribution in [0.4, 0.5) is 5.69 Å². The van der Waals surface area contributed by atoms with Gasteiger partial charge >= 0.3 is 0 Å². The van der Waals surface area contributed by atoms with Gasteiger partial charge < -0.3 is 15.1 Å². The Kier molecular flexibility index (Phi) is 7.71. The summed E-state index contributed by atoms with van der Waals surface area (Å²) in [6.45, 7) is 5.23. The van der Waals surface area contributed by atoms with Crippen molar-refractivity contribution in [3.8, 4) is 0 Å². The first-order valence-corrected chi connectivity index (χ1v) is 12.3. The molecular formula is C21H32N4O4S. The first kappa shape index (κ1) is 22.6. The molecule has 1 unspecified atom stereocenters. The van der Waals surface area contributed by atoms with Gasteiger partial charge in [0.15, 0.2) is 0 Å². The van der Waals surface area contributed by atoms with E-state index in [0.717, 1.165) is 18.8 Å². The fraction of sp³-hybridized carbons (Fsp3) is 0.619. The van der Waals surface area contributed by atoms with Gasteiger partial charge in [-0.2, -0.15) is 0 Å². The van der Waals surface area contributed by atoms with Crippen molar-refractivity contribution in [1.82, 2.24) is 14.5 Å². The molecule has 2 aliphatic heterocycles. The summed E-state index contributed by atoms with van der Waals surface area (Å²) in [6, 6.07) is 10.1. The molecule has 2 aliphatic rings. The van der Waals surface area contributed by atoms with Gasteiger partial charge in [0.05, 0.1) is 18.2 Å². The molecule has 0 spiro atoms. The third-order valence-electron chi connectivity index (χ3n) is 5.78. The molecule has 0 aromatic heterocycles. The first-order valence-electron chi connectivity index (χ1n) is 10.7. The standard InChI is InChI=1S/C21H32N4O4S/c1-2-15-30(28,29)25-10-6-7-18(17-25)21(27)22-16-20(26)24-13-11-23(12-14-24)19-8-4-3-5-9-19/h3-5,8-9,18H,2,6-7,10-17H2,1H3,(H,22,27). The van der Waals surface area contributed by atoms with Crippen molar-refractivity contribution in [3.63, 3.8) is 0 Å². The van der Waals surface area contributed by atoms with Crippen molar-refractivity contribution in [2.75, 3.05) is 56.5 Å². The molecule has 1 atom stereocenters. The van der Waals surface area contributed by atoms with Crippen LogP contribution in [-0.4, -0.2) is 81.0 Å². The Bertz CT molecular complexity index is 823. The lowest BCUT2D eigenvalue weighted by molar-refractivity contribution is -0.134. The maximum atomic E-state index is 12.5. The van der Waals surface area contributed by atoms with E-state index >= 15 is 0 Å². The molecule has 2 saturated heterocycles. The second kappa shape index (κ2) is 10.3. The highest BCUT2D eigenvalue weighted by atomic mass is 32.2. The number of amides is 2. The van der Waals surface area contributed by atoms with Gasteiger partial charge in [-0.3, -0.25) is 9.59 Å². The van der Waals surface area contributed by atoms with E-state index in [1.165, 1.54) is 4.31 Å². The zero-order chi connectivity index (χ0) is 21.6. The highest BCUT2D eigenvalue weighted by Gasteiger charge is 2.32. The van der Waals surface area contributed by atoms with E-state index < -0.39 is 15.9 Å². The van der Waals surface area contributed by atoms with Crippen molar-refractivity contribution in [2.24, 2.45) is 5.92 Å². The summed E-state index contributed by atoms with van der Waals surface area (Å²) >= 11 is 0. The number of carbonyl (C=O) groups is 2. The van der Waals surface area contributed by atoms with Gasteiger partial charge in [-0.25, -0.2) is 12.7 Å². The first-order chi connectivity index (χ1) is 14.4. The number of rotatable bonds is 7. The third kappa shape index (κ3) is 5.72. The minimum absolute atomic E-state index is 0.0393. The molecule has 1 aromatic rings. The molecule has 0 saturated carbocycles. The maximum Gasteiger partial charge on any atom is 0.242 e. The maximum absolute atomic E-state index is 12.5. The van der Waals surface area contributed by atoms with Crippen LogP contribution >= 0.6 is 0 Å². The molecule has 2 heterocycles. The lowest BCUT2D eigenvalue weighted by atomic mass is 9.99. The summed E-state index contributed by atoms with van der Waals surface area (Å²) in [5, 5.41) is 2.73. The van der Waals surface area contributed by atoms with E-state index in [4.69, 9.17) is 0 Å². The van der Waals surface area contributed by atoms with E-state index in [1.54, 1.807) is 4.90 Å². The predicted octanol–water partition coefficient (Wildman–Crippen LogP) is 0.903. The van der Waals surface area contributed by atoms with Gasteiger partial charge in [0.1, 0.15) is 0 Å². The molecule has 1 N–H and O–H groups in total. The molecule has 30 heavy (non-hydrogen) atoms. The molecule has 1 aromatic carbocycles. The summed E-state index contributed by atoms with van der Waals surface area (Å²) < 4.78 is 26.0. The Morgan fingerprint density at radius 2 is 1.77 bits per heavy atom. The lowest BCUT2D eigenvalue weighted by Crippen LogP contribution is -2.52. The van der Waals surface area contributed by atoms with Crippen LogP contribution in [0.1, 0.15) is 26.2 Å². The molecular weight excluding hydrogens is 404 g/mol. The second-order valence-electron chi connectivity index (χ2n) is 7.93.